The van der Waals surface area contributed by atoms with Gasteiger partial charge in [0.25, 0.3) is 0 Å². The summed E-state index contributed by atoms with van der Waals surface area (Å²) in [4.78, 5) is 11.9. The fourth-order valence-electron chi connectivity index (χ4n) is 3.52. The van der Waals surface area contributed by atoms with Crippen LogP contribution in [0.25, 0.3) is 17.0 Å². The summed E-state index contributed by atoms with van der Waals surface area (Å²) in [5.74, 6) is 1.20. The SMILES string of the molecule is O=C(CC1CCCC1)NCCOc1ccc2nnc(-c3ccc(F)cc3)n2n1. The lowest BCUT2D eigenvalue weighted by Crippen LogP contribution is -2.29. The highest BCUT2D eigenvalue weighted by Crippen LogP contribution is 2.27. The maximum atomic E-state index is 13.1. The molecule has 1 N–H and O–H groups in total. The number of nitrogens with one attached hydrogen (secondary N) is 1. The quantitative estimate of drug-likeness (QED) is 0.635. The summed E-state index contributed by atoms with van der Waals surface area (Å²) < 4.78 is 20.3. The van der Waals surface area contributed by atoms with Gasteiger partial charge in [0.2, 0.25) is 11.8 Å². The predicted molar refractivity (Wildman–Crippen MR) is 101 cm³/mol. The number of fused-ring (bicyclic) bond motifs is 1. The number of halogens is 1. The molecule has 7 nitrogen and oxygen atoms in total. The smallest absolute Gasteiger partial charge is 0.231 e. The second kappa shape index (κ2) is 8.33. The van der Waals surface area contributed by atoms with Crippen molar-refractivity contribution in [2.45, 2.75) is 32.1 Å². The molecule has 0 radical (unpaired) electrons. The van der Waals surface area contributed by atoms with E-state index in [1.165, 1.54) is 25.0 Å². The van der Waals surface area contributed by atoms with Crippen LogP contribution < -0.4 is 10.1 Å². The monoisotopic (exact) mass is 383 g/mol. The van der Waals surface area contributed by atoms with E-state index < -0.39 is 0 Å². The second-order valence-electron chi connectivity index (χ2n) is 7.03. The van der Waals surface area contributed by atoms with E-state index in [1.807, 2.05) is 0 Å². The number of benzene rings is 1. The Hall–Kier alpha value is -3.03. The molecule has 1 aromatic carbocycles. The summed E-state index contributed by atoms with van der Waals surface area (Å²) in [6.07, 6.45) is 5.38. The summed E-state index contributed by atoms with van der Waals surface area (Å²) in [6.45, 7) is 0.751. The summed E-state index contributed by atoms with van der Waals surface area (Å²) in [6, 6.07) is 9.44. The number of hydrogen-bond acceptors (Lipinski definition) is 5. The fraction of sp³-hybridized carbons (Fsp3) is 0.400. The predicted octanol–water partition coefficient (Wildman–Crippen LogP) is 3.01. The van der Waals surface area contributed by atoms with Gasteiger partial charge in [-0.25, -0.2) is 4.39 Å². The molecule has 2 aromatic heterocycles. The van der Waals surface area contributed by atoms with Gasteiger partial charge in [-0.2, -0.15) is 4.52 Å². The molecule has 0 bridgehead atoms. The Bertz CT molecular complexity index is 951. The van der Waals surface area contributed by atoms with Crippen LogP contribution in [0.4, 0.5) is 4.39 Å². The molecule has 4 rings (SSSR count). The van der Waals surface area contributed by atoms with Gasteiger partial charge in [-0.3, -0.25) is 4.79 Å². The largest absolute Gasteiger partial charge is 0.475 e. The fourth-order valence-corrected chi connectivity index (χ4v) is 3.52. The molecule has 3 aromatic rings. The van der Waals surface area contributed by atoms with Crippen LogP contribution in [0.3, 0.4) is 0 Å². The van der Waals surface area contributed by atoms with E-state index in [0.29, 0.717) is 48.4 Å². The minimum Gasteiger partial charge on any atom is -0.475 e. The van der Waals surface area contributed by atoms with Crippen molar-refractivity contribution in [1.82, 2.24) is 25.1 Å². The van der Waals surface area contributed by atoms with Gasteiger partial charge in [0.05, 0.1) is 6.54 Å². The average molecular weight is 383 g/mol. The Morgan fingerprint density at radius 3 is 2.71 bits per heavy atom. The molecule has 1 fully saturated rings. The third kappa shape index (κ3) is 4.27. The molecule has 0 unspecified atom stereocenters. The molecule has 1 aliphatic carbocycles. The van der Waals surface area contributed by atoms with Crippen LogP contribution in [-0.2, 0) is 4.79 Å². The Morgan fingerprint density at radius 1 is 1.14 bits per heavy atom. The lowest BCUT2D eigenvalue weighted by Gasteiger charge is -2.10. The number of rotatable bonds is 7. The van der Waals surface area contributed by atoms with Crippen molar-refractivity contribution in [3.63, 3.8) is 0 Å². The maximum Gasteiger partial charge on any atom is 0.231 e. The normalized spacial score (nSPS) is 14.5. The van der Waals surface area contributed by atoms with Crippen LogP contribution in [0, 0.1) is 11.7 Å². The van der Waals surface area contributed by atoms with E-state index in [-0.39, 0.29) is 11.7 Å². The zero-order chi connectivity index (χ0) is 19.3. The van der Waals surface area contributed by atoms with E-state index in [4.69, 9.17) is 4.74 Å². The highest BCUT2D eigenvalue weighted by Gasteiger charge is 2.18. The van der Waals surface area contributed by atoms with Crippen molar-refractivity contribution < 1.29 is 13.9 Å². The molecule has 2 heterocycles. The van der Waals surface area contributed by atoms with Crippen LogP contribution in [0.1, 0.15) is 32.1 Å². The lowest BCUT2D eigenvalue weighted by molar-refractivity contribution is -0.122. The molecule has 1 amide bonds. The minimum absolute atomic E-state index is 0.0799. The zero-order valence-corrected chi connectivity index (χ0v) is 15.5. The van der Waals surface area contributed by atoms with Gasteiger partial charge in [-0.15, -0.1) is 15.3 Å². The van der Waals surface area contributed by atoms with Gasteiger partial charge < -0.3 is 10.1 Å². The highest BCUT2D eigenvalue weighted by molar-refractivity contribution is 5.76. The zero-order valence-electron chi connectivity index (χ0n) is 15.5. The first kappa shape index (κ1) is 18.3. The number of carbonyl (C=O) groups excluding carboxylic acids is 1. The van der Waals surface area contributed by atoms with Crippen LogP contribution in [0.2, 0.25) is 0 Å². The summed E-state index contributed by atoms with van der Waals surface area (Å²) in [5.41, 5.74) is 1.27. The van der Waals surface area contributed by atoms with Gasteiger partial charge in [-0.1, -0.05) is 12.8 Å². The van der Waals surface area contributed by atoms with Crippen molar-refractivity contribution in [3.05, 3.63) is 42.2 Å². The molecular formula is C20H22FN5O2. The van der Waals surface area contributed by atoms with E-state index in [0.717, 1.165) is 12.8 Å². The minimum atomic E-state index is -0.315. The van der Waals surface area contributed by atoms with E-state index in [2.05, 4.69) is 20.6 Å². The molecule has 0 aliphatic heterocycles. The van der Waals surface area contributed by atoms with Gasteiger partial charge in [0.15, 0.2) is 11.5 Å². The Morgan fingerprint density at radius 2 is 1.93 bits per heavy atom. The van der Waals surface area contributed by atoms with Gasteiger partial charge >= 0.3 is 0 Å². The molecule has 0 atom stereocenters. The van der Waals surface area contributed by atoms with Crippen molar-refractivity contribution in [3.8, 4) is 17.3 Å². The Balaban J connectivity index is 1.34. The molecule has 28 heavy (non-hydrogen) atoms. The third-order valence-electron chi connectivity index (χ3n) is 4.96. The maximum absolute atomic E-state index is 13.1. The van der Waals surface area contributed by atoms with Gasteiger partial charge in [0, 0.05) is 18.1 Å². The second-order valence-corrected chi connectivity index (χ2v) is 7.03. The average Bonchev–Trinajstić information content (AvgIpc) is 3.35. The first-order valence-corrected chi connectivity index (χ1v) is 9.57. The first-order chi connectivity index (χ1) is 13.7. The van der Waals surface area contributed by atoms with Crippen LogP contribution in [-0.4, -0.2) is 38.9 Å². The number of aromatic nitrogens is 4. The van der Waals surface area contributed by atoms with Crippen molar-refractivity contribution in [1.29, 1.82) is 0 Å². The van der Waals surface area contributed by atoms with Gasteiger partial charge in [0.1, 0.15) is 12.4 Å². The number of hydrogen-bond donors (Lipinski definition) is 1. The van der Waals surface area contributed by atoms with Crippen molar-refractivity contribution in [2.24, 2.45) is 5.92 Å². The molecule has 8 heteroatoms. The number of nitrogens with zero attached hydrogens (tertiary/aromatic N) is 4. The van der Waals surface area contributed by atoms with E-state index in [1.54, 1.807) is 28.8 Å². The molecule has 1 saturated carbocycles. The summed E-state index contributed by atoms with van der Waals surface area (Å²) in [5, 5.41) is 15.5. The molecular weight excluding hydrogens is 361 g/mol. The van der Waals surface area contributed by atoms with Crippen molar-refractivity contribution >= 4 is 11.6 Å². The Labute approximate surface area is 161 Å². The molecule has 0 saturated heterocycles. The van der Waals surface area contributed by atoms with E-state index in [9.17, 15) is 9.18 Å². The topological polar surface area (TPSA) is 81.4 Å². The van der Waals surface area contributed by atoms with Crippen LogP contribution in [0.5, 0.6) is 5.88 Å². The third-order valence-corrected chi connectivity index (χ3v) is 4.96. The number of amides is 1. The van der Waals surface area contributed by atoms with Crippen LogP contribution in [0.15, 0.2) is 36.4 Å². The van der Waals surface area contributed by atoms with Crippen molar-refractivity contribution in [2.75, 3.05) is 13.2 Å². The Kier molecular flexibility index (Phi) is 5.45. The molecule has 0 spiro atoms. The van der Waals surface area contributed by atoms with Gasteiger partial charge in [-0.05, 0) is 49.1 Å². The summed E-state index contributed by atoms with van der Waals surface area (Å²) in [7, 11) is 0. The van der Waals surface area contributed by atoms with Crippen LogP contribution >= 0.6 is 0 Å². The number of ether oxygens (including phenoxy) is 1. The van der Waals surface area contributed by atoms with E-state index >= 15 is 0 Å². The lowest BCUT2D eigenvalue weighted by atomic mass is 10.0. The standard InChI is InChI=1S/C20H22FN5O2/c21-16-7-5-15(6-8-16)20-24-23-17-9-10-19(25-26(17)20)28-12-11-22-18(27)13-14-3-1-2-4-14/h5-10,14H,1-4,11-13H2,(H,22,27). The highest BCUT2D eigenvalue weighted by atomic mass is 19.1. The summed E-state index contributed by atoms with van der Waals surface area (Å²) >= 11 is 0. The first-order valence-electron chi connectivity index (χ1n) is 9.57. The molecule has 1 aliphatic rings. The molecule has 146 valence electrons. The number of carbonyl (C=O) groups is 1.